The number of hydrogen-bond acceptors (Lipinski definition) is 6. The predicted octanol–water partition coefficient (Wildman–Crippen LogP) is 11.9. The lowest BCUT2D eigenvalue weighted by molar-refractivity contribution is -0.123. The lowest BCUT2D eigenvalue weighted by Crippen LogP contribution is -2.45. The van der Waals surface area contributed by atoms with E-state index in [2.05, 4.69) is 67.8 Å². The number of carbonyl (C=O) groups is 1. The second-order valence-electron chi connectivity index (χ2n) is 14.2. The molecule has 308 valence electrons. The number of rotatable bonds is 39. The van der Waals surface area contributed by atoms with E-state index in [1.54, 1.807) is 6.08 Å². The van der Waals surface area contributed by atoms with Crippen molar-refractivity contribution in [3.05, 3.63) is 60.8 Å². The smallest absolute Gasteiger partial charge is 0.387 e. The topological polar surface area (TPSA) is 131 Å². The van der Waals surface area contributed by atoms with Crippen LogP contribution >= 0.6 is 7.82 Å². The van der Waals surface area contributed by atoms with Gasteiger partial charge in [0.15, 0.2) is 0 Å². The Balaban J connectivity index is 4.24. The van der Waals surface area contributed by atoms with Crippen molar-refractivity contribution in [1.82, 2.24) is 5.32 Å². The van der Waals surface area contributed by atoms with Gasteiger partial charge in [0.05, 0.1) is 25.4 Å². The van der Waals surface area contributed by atoms with Crippen LogP contribution in [0.15, 0.2) is 60.8 Å². The number of unbranched alkanes of at least 4 members (excludes halogenated alkanes) is 19. The zero-order valence-electron chi connectivity index (χ0n) is 34.0. The second-order valence-corrected chi connectivity index (χ2v) is 15.6. The normalized spacial score (nSPS) is 14.7. The summed E-state index contributed by atoms with van der Waals surface area (Å²) in [5, 5.41) is 13.6. The van der Waals surface area contributed by atoms with Gasteiger partial charge in [-0.3, -0.25) is 13.8 Å². The van der Waals surface area contributed by atoms with Crippen LogP contribution in [0.25, 0.3) is 0 Å². The van der Waals surface area contributed by atoms with Crippen molar-refractivity contribution in [2.75, 3.05) is 19.8 Å². The van der Waals surface area contributed by atoms with Crippen LogP contribution in [0.2, 0.25) is 0 Å². The van der Waals surface area contributed by atoms with Gasteiger partial charge >= 0.3 is 7.82 Å². The fourth-order valence-electron chi connectivity index (χ4n) is 5.78. The number of phosphoric acid groups is 1. The summed E-state index contributed by atoms with van der Waals surface area (Å²) >= 11 is 0. The van der Waals surface area contributed by atoms with Gasteiger partial charge in [0, 0.05) is 13.0 Å². The van der Waals surface area contributed by atoms with Gasteiger partial charge in [0.2, 0.25) is 5.91 Å². The summed E-state index contributed by atoms with van der Waals surface area (Å²) < 4.78 is 22.1. The Morgan fingerprint density at radius 2 is 1.06 bits per heavy atom. The maximum atomic E-state index is 12.7. The molecule has 0 saturated carbocycles. The largest absolute Gasteiger partial charge is 0.472 e. The van der Waals surface area contributed by atoms with Gasteiger partial charge in [-0.2, -0.15) is 0 Å². The molecule has 0 heterocycles. The number of aliphatic hydroxyl groups is 1. The number of hydrogen-bond donors (Lipinski definition) is 4. The van der Waals surface area contributed by atoms with E-state index in [1.165, 1.54) is 103 Å². The monoisotopic (exact) mass is 765 g/mol. The minimum atomic E-state index is -4.35. The van der Waals surface area contributed by atoms with Crippen LogP contribution in [0, 0.1) is 0 Å². The Hall–Kier alpha value is -1.80. The fourth-order valence-corrected chi connectivity index (χ4v) is 6.54. The lowest BCUT2D eigenvalue weighted by Gasteiger charge is -2.23. The molecule has 0 radical (unpaired) electrons. The van der Waals surface area contributed by atoms with Crippen LogP contribution in [0.3, 0.4) is 0 Å². The van der Waals surface area contributed by atoms with Gasteiger partial charge in [-0.1, -0.05) is 158 Å². The average Bonchev–Trinajstić information content (AvgIpc) is 3.14. The number of nitrogens with two attached hydrogens (primary N) is 1. The molecule has 0 spiro atoms. The van der Waals surface area contributed by atoms with Crippen LogP contribution in [0.5, 0.6) is 0 Å². The first kappa shape index (κ1) is 51.2. The molecular weight excluding hydrogens is 683 g/mol. The highest BCUT2D eigenvalue weighted by Gasteiger charge is 2.26. The maximum Gasteiger partial charge on any atom is 0.472 e. The zero-order valence-corrected chi connectivity index (χ0v) is 34.9. The molecular formula is C44H81N2O6P. The molecule has 9 heteroatoms. The Labute approximate surface area is 325 Å². The van der Waals surface area contributed by atoms with Crippen molar-refractivity contribution in [3.63, 3.8) is 0 Å². The Morgan fingerprint density at radius 3 is 1.60 bits per heavy atom. The molecule has 0 aliphatic rings. The first-order valence-corrected chi connectivity index (χ1v) is 22.9. The second kappa shape index (κ2) is 39.9. The molecule has 0 aliphatic heterocycles. The highest BCUT2D eigenvalue weighted by molar-refractivity contribution is 7.47. The van der Waals surface area contributed by atoms with Crippen molar-refractivity contribution in [2.45, 2.75) is 193 Å². The SMILES string of the molecule is CCCCC/C=C/CC/C=C/CC/C=C/C(O)C(COP(=O)(O)OCCN)NC(=O)CCCCCCCCCCC/C=C\C/C=C\CCCCCCC. The number of phosphoric ester groups is 1. The van der Waals surface area contributed by atoms with Crippen LogP contribution in [-0.2, 0) is 18.4 Å². The van der Waals surface area contributed by atoms with Crippen LogP contribution in [0.1, 0.15) is 181 Å². The average molecular weight is 765 g/mol. The Kier molecular flexibility index (Phi) is 38.5. The number of nitrogens with one attached hydrogen (secondary N) is 1. The van der Waals surface area contributed by atoms with Gasteiger partial charge in [-0.15, -0.1) is 0 Å². The highest BCUT2D eigenvalue weighted by atomic mass is 31.2. The van der Waals surface area contributed by atoms with E-state index in [0.29, 0.717) is 6.42 Å². The van der Waals surface area contributed by atoms with E-state index in [4.69, 9.17) is 14.8 Å². The van der Waals surface area contributed by atoms with E-state index in [0.717, 1.165) is 57.8 Å². The van der Waals surface area contributed by atoms with Gasteiger partial charge in [0.1, 0.15) is 0 Å². The first-order valence-electron chi connectivity index (χ1n) is 21.4. The van der Waals surface area contributed by atoms with Crippen molar-refractivity contribution >= 4 is 13.7 Å². The molecule has 0 aromatic heterocycles. The molecule has 5 N–H and O–H groups in total. The summed E-state index contributed by atoms with van der Waals surface area (Å²) in [6.45, 7) is 4.04. The van der Waals surface area contributed by atoms with Gasteiger partial charge in [-0.25, -0.2) is 4.57 Å². The third kappa shape index (κ3) is 38.3. The highest BCUT2D eigenvalue weighted by Crippen LogP contribution is 2.43. The molecule has 0 rings (SSSR count). The van der Waals surface area contributed by atoms with E-state index >= 15 is 0 Å². The molecule has 0 bridgehead atoms. The molecule has 0 aliphatic carbocycles. The minimum absolute atomic E-state index is 0.0687. The van der Waals surface area contributed by atoms with Crippen molar-refractivity contribution in [1.29, 1.82) is 0 Å². The van der Waals surface area contributed by atoms with Crippen molar-refractivity contribution < 1.29 is 28.4 Å². The molecule has 0 aromatic carbocycles. The summed E-state index contributed by atoms with van der Waals surface area (Å²) in [7, 11) is -4.35. The molecule has 0 aromatic rings. The van der Waals surface area contributed by atoms with E-state index in [-0.39, 0.29) is 25.7 Å². The Bertz CT molecular complexity index is 1010. The molecule has 3 unspecified atom stereocenters. The molecule has 1 amide bonds. The molecule has 3 atom stereocenters. The summed E-state index contributed by atoms with van der Waals surface area (Å²) in [6.07, 6.45) is 49.8. The Morgan fingerprint density at radius 1 is 0.623 bits per heavy atom. The van der Waals surface area contributed by atoms with Gasteiger partial charge in [-0.05, 0) is 77.0 Å². The third-order valence-corrected chi connectivity index (χ3v) is 10.0. The van der Waals surface area contributed by atoms with Crippen LogP contribution in [-0.4, -0.2) is 47.8 Å². The van der Waals surface area contributed by atoms with Crippen LogP contribution in [0.4, 0.5) is 0 Å². The molecule has 0 saturated heterocycles. The van der Waals surface area contributed by atoms with E-state index in [1.807, 2.05) is 6.08 Å². The number of amides is 1. The quantitative estimate of drug-likeness (QED) is 0.0278. The molecule has 8 nitrogen and oxygen atoms in total. The minimum Gasteiger partial charge on any atom is -0.387 e. The molecule has 0 fully saturated rings. The van der Waals surface area contributed by atoms with Crippen LogP contribution < -0.4 is 11.1 Å². The number of carbonyl (C=O) groups excluding carboxylic acids is 1. The van der Waals surface area contributed by atoms with Gasteiger partial charge < -0.3 is 21.1 Å². The maximum absolute atomic E-state index is 12.7. The molecule has 53 heavy (non-hydrogen) atoms. The first-order chi connectivity index (χ1) is 25.9. The van der Waals surface area contributed by atoms with E-state index in [9.17, 15) is 19.4 Å². The summed E-state index contributed by atoms with van der Waals surface area (Å²) in [5.41, 5.74) is 5.36. The summed E-state index contributed by atoms with van der Waals surface area (Å²) in [6, 6.07) is -0.886. The zero-order chi connectivity index (χ0) is 38.9. The summed E-state index contributed by atoms with van der Waals surface area (Å²) in [5.74, 6) is -0.216. The van der Waals surface area contributed by atoms with E-state index < -0.39 is 20.0 Å². The summed E-state index contributed by atoms with van der Waals surface area (Å²) in [4.78, 5) is 22.7. The van der Waals surface area contributed by atoms with Gasteiger partial charge in [0.25, 0.3) is 0 Å². The van der Waals surface area contributed by atoms with Crippen molar-refractivity contribution in [2.24, 2.45) is 5.73 Å². The lowest BCUT2D eigenvalue weighted by atomic mass is 10.1. The number of aliphatic hydroxyl groups excluding tert-OH is 1. The number of allylic oxidation sites excluding steroid dienone is 9. The van der Waals surface area contributed by atoms with Crippen molar-refractivity contribution in [3.8, 4) is 0 Å². The predicted molar refractivity (Wildman–Crippen MR) is 226 cm³/mol. The third-order valence-electron chi connectivity index (χ3n) is 9.04. The fraction of sp³-hybridized carbons (Fsp3) is 0.750. The standard InChI is InChI=1S/C44H81N2O6P/c1-3-5-7-9-11-13-15-17-18-19-20-21-22-23-24-26-28-30-32-34-36-38-44(48)46-42(41-52-53(49,50)51-40-39-45)43(47)37-35-33-31-29-27-25-16-14-12-10-8-6-4-2/h12,14-15,17,19-20,27,29,35,37,42-43,47H,3-11,13,16,18,21-26,28,30-34,36,38-41,45H2,1-2H3,(H,46,48)(H,49,50)/b14-12+,17-15-,20-19-,29-27+,37-35+.